The topological polar surface area (TPSA) is 98.3 Å². The lowest BCUT2D eigenvalue weighted by atomic mass is 10.1. The number of anilines is 1. The SMILES string of the molecule is O=C(Nc1cc(-c2ccccc2)no1)c1cc(Cl)ccc1[N+](=O)[O-]. The number of rotatable bonds is 4. The third kappa shape index (κ3) is 3.26. The van der Waals surface area contributed by atoms with Crippen LogP contribution in [-0.2, 0) is 0 Å². The van der Waals surface area contributed by atoms with Gasteiger partial charge < -0.3 is 4.52 Å². The van der Waals surface area contributed by atoms with Crippen molar-refractivity contribution < 1.29 is 14.2 Å². The van der Waals surface area contributed by atoms with Gasteiger partial charge in [-0.1, -0.05) is 47.1 Å². The van der Waals surface area contributed by atoms with Gasteiger partial charge in [-0.3, -0.25) is 20.2 Å². The summed E-state index contributed by atoms with van der Waals surface area (Å²) in [4.78, 5) is 22.6. The molecule has 7 nitrogen and oxygen atoms in total. The fourth-order valence-corrected chi connectivity index (χ4v) is 2.28. The van der Waals surface area contributed by atoms with Crippen LogP contribution in [0.2, 0.25) is 5.02 Å². The summed E-state index contributed by atoms with van der Waals surface area (Å²) >= 11 is 5.81. The number of nitrogens with one attached hydrogen (secondary N) is 1. The number of nitro groups is 1. The summed E-state index contributed by atoms with van der Waals surface area (Å²) in [6.07, 6.45) is 0. The van der Waals surface area contributed by atoms with Crippen LogP contribution in [0.4, 0.5) is 11.6 Å². The number of nitrogens with zero attached hydrogens (tertiary/aromatic N) is 2. The fraction of sp³-hybridized carbons (Fsp3) is 0. The van der Waals surface area contributed by atoms with E-state index >= 15 is 0 Å². The third-order valence-corrected chi connectivity index (χ3v) is 3.45. The summed E-state index contributed by atoms with van der Waals surface area (Å²) in [5.41, 5.74) is 0.840. The normalized spacial score (nSPS) is 10.4. The molecule has 2 aromatic carbocycles. The van der Waals surface area contributed by atoms with Gasteiger partial charge in [0.25, 0.3) is 11.6 Å². The van der Waals surface area contributed by atoms with Crippen LogP contribution in [0.15, 0.2) is 59.1 Å². The third-order valence-electron chi connectivity index (χ3n) is 3.22. The Morgan fingerprint density at radius 3 is 2.62 bits per heavy atom. The van der Waals surface area contributed by atoms with Crippen LogP contribution in [0, 0.1) is 10.1 Å². The first kappa shape index (κ1) is 15.7. The largest absolute Gasteiger partial charge is 0.338 e. The fourth-order valence-electron chi connectivity index (χ4n) is 2.11. The zero-order chi connectivity index (χ0) is 17.1. The van der Waals surface area contributed by atoms with Crippen molar-refractivity contribution in [2.75, 3.05) is 5.32 Å². The first-order chi connectivity index (χ1) is 11.5. The van der Waals surface area contributed by atoms with Crippen LogP contribution in [0.3, 0.4) is 0 Å². The van der Waals surface area contributed by atoms with Gasteiger partial charge in [-0.25, -0.2) is 0 Å². The molecule has 1 heterocycles. The highest BCUT2D eigenvalue weighted by molar-refractivity contribution is 6.31. The summed E-state index contributed by atoms with van der Waals surface area (Å²) < 4.78 is 5.06. The molecule has 0 spiro atoms. The Bertz CT molecular complexity index is 909. The number of hydrogen-bond acceptors (Lipinski definition) is 5. The number of halogens is 1. The summed E-state index contributed by atoms with van der Waals surface area (Å²) in [6.45, 7) is 0. The van der Waals surface area contributed by atoms with Gasteiger partial charge in [0.2, 0.25) is 5.88 Å². The lowest BCUT2D eigenvalue weighted by Gasteiger charge is -2.03. The quantitative estimate of drug-likeness (QED) is 0.566. The van der Waals surface area contributed by atoms with Crippen LogP contribution >= 0.6 is 11.6 Å². The van der Waals surface area contributed by atoms with E-state index in [2.05, 4.69) is 10.5 Å². The Hall–Kier alpha value is -3.19. The van der Waals surface area contributed by atoms with Crippen molar-refractivity contribution >= 4 is 29.1 Å². The number of benzene rings is 2. The second kappa shape index (κ2) is 6.51. The molecule has 0 unspecified atom stereocenters. The zero-order valence-electron chi connectivity index (χ0n) is 12.1. The van der Waals surface area contributed by atoms with Gasteiger partial charge in [0, 0.05) is 22.7 Å². The minimum Gasteiger partial charge on any atom is -0.338 e. The number of carbonyl (C=O) groups is 1. The van der Waals surface area contributed by atoms with Gasteiger partial charge in [-0.2, -0.15) is 0 Å². The van der Waals surface area contributed by atoms with Crippen LogP contribution in [-0.4, -0.2) is 16.0 Å². The van der Waals surface area contributed by atoms with Crippen LogP contribution in [0.25, 0.3) is 11.3 Å². The lowest BCUT2D eigenvalue weighted by molar-refractivity contribution is -0.385. The monoisotopic (exact) mass is 343 g/mol. The van der Waals surface area contributed by atoms with Gasteiger partial charge in [0.15, 0.2) is 0 Å². The molecule has 0 saturated carbocycles. The van der Waals surface area contributed by atoms with Gasteiger partial charge in [0.05, 0.1) is 4.92 Å². The molecule has 1 aromatic heterocycles. The van der Waals surface area contributed by atoms with E-state index in [1.165, 1.54) is 24.3 Å². The van der Waals surface area contributed by atoms with Gasteiger partial charge in [-0.15, -0.1) is 0 Å². The van der Waals surface area contributed by atoms with E-state index in [9.17, 15) is 14.9 Å². The minimum absolute atomic E-state index is 0.0770. The van der Waals surface area contributed by atoms with Crippen molar-refractivity contribution in [2.24, 2.45) is 0 Å². The maximum Gasteiger partial charge on any atom is 0.282 e. The molecule has 0 fully saturated rings. The molecule has 3 aromatic rings. The van der Waals surface area contributed by atoms with E-state index in [1.807, 2.05) is 30.3 Å². The maximum absolute atomic E-state index is 12.3. The molecule has 0 saturated heterocycles. The Balaban J connectivity index is 1.85. The summed E-state index contributed by atoms with van der Waals surface area (Å²) in [5, 5.41) is 17.5. The Labute approximate surface area is 141 Å². The van der Waals surface area contributed by atoms with Crippen LogP contribution in [0.5, 0.6) is 0 Å². The number of carbonyl (C=O) groups excluding carboxylic acids is 1. The van der Waals surface area contributed by atoms with E-state index in [-0.39, 0.29) is 22.2 Å². The molecular formula is C16H10ClN3O4. The van der Waals surface area contributed by atoms with E-state index < -0.39 is 10.8 Å². The van der Waals surface area contributed by atoms with E-state index in [4.69, 9.17) is 16.1 Å². The summed E-state index contributed by atoms with van der Waals surface area (Å²) in [7, 11) is 0. The standard InChI is InChI=1S/C16H10ClN3O4/c17-11-6-7-14(20(22)23)12(8-11)16(21)18-15-9-13(19-24-15)10-4-2-1-3-5-10/h1-9H,(H,18,21). The molecule has 0 radical (unpaired) electrons. The average Bonchev–Trinajstić information content (AvgIpc) is 3.03. The van der Waals surface area contributed by atoms with Crippen molar-refractivity contribution in [2.45, 2.75) is 0 Å². The van der Waals surface area contributed by atoms with Crippen LogP contribution in [0.1, 0.15) is 10.4 Å². The summed E-state index contributed by atoms with van der Waals surface area (Å²) in [6, 6.07) is 14.5. The van der Waals surface area contributed by atoms with Crippen molar-refractivity contribution in [3.05, 3.63) is 75.3 Å². The highest BCUT2D eigenvalue weighted by atomic mass is 35.5. The molecule has 0 aliphatic rings. The average molecular weight is 344 g/mol. The van der Waals surface area contributed by atoms with E-state index in [1.54, 1.807) is 0 Å². The minimum atomic E-state index is -0.708. The number of nitro benzene ring substituents is 1. The van der Waals surface area contributed by atoms with Gasteiger partial charge >= 0.3 is 0 Å². The molecule has 120 valence electrons. The first-order valence-electron chi connectivity index (χ1n) is 6.82. The van der Waals surface area contributed by atoms with Crippen molar-refractivity contribution in [3.63, 3.8) is 0 Å². The van der Waals surface area contributed by atoms with E-state index in [0.29, 0.717) is 5.69 Å². The predicted molar refractivity (Wildman–Crippen MR) is 88.0 cm³/mol. The molecule has 8 heteroatoms. The van der Waals surface area contributed by atoms with Crippen molar-refractivity contribution in [1.82, 2.24) is 5.16 Å². The van der Waals surface area contributed by atoms with Crippen molar-refractivity contribution in [3.8, 4) is 11.3 Å². The van der Waals surface area contributed by atoms with E-state index in [0.717, 1.165) is 5.56 Å². The molecule has 0 aliphatic heterocycles. The first-order valence-corrected chi connectivity index (χ1v) is 7.20. The Kier molecular flexibility index (Phi) is 4.26. The number of hydrogen-bond donors (Lipinski definition) is 1. The smallest absolute Gasteiger partial charge is 0.282 e. The molecule has 0 aliphatic carbocycles. The molecular weight excluding hydrogens is 334 g/mol. The predicted octanol–water partition coefficient (Wildman–Crippen LogP) is 4.16. The number of aromatic nitrogens is 1. The van der Waals surface area contributed by atoms with Gasteiger partial charge in [0.1, 0.15) is 11.3 Å². The lowest BCUT2D eigenvalue weighted by Crippen LogP contribution is -2.13. The van der Waals surface area contributed by atoms with Gasteiger partial charge in [-0.05, 0) is 12.1 Å². The number of amides is 1. The molecule has 3 rings (SSSR count). The molecule has 1 amide bonds. The Morgan fingerprint density at radius 2 is 1.92 bits per heavy atom. The molecule has 0 bridgehead atoms. The Morgan fingerprint density at radius 1 is 1.17 bits per heavy atom. The van der Waals surface area contributed by atoms with Crippen LogP contribution < -0.4 is 5.32 Å². The maximum atomic E-state index is 12.3. The molecule has 24 heavy (non-hydrogen) atoms. The van der Waals surface area contributed by atoms with Crippen molar-refractivity contribution in [1.29, 1.82) is 0 Å². The highest BCUT2D eigenvalue weighted by Gasteiger charge is 2.21. The molecule has 0 atom stereocenters. The molecule has 1 N–H and O–H groups in total. The second-order valence-corrected chi connectivity index (χ2v) is 5.25. The second-order valence-electron chi connectivity index (χ2n) is 4.82. The highest BCUT2D eigenvalue weighted by Crippen LogP contribution is 2.25. The summed E-state index contributed by atoms with van der Waals surface area (Å²) in [5.74, 6) is -0.631. The zero-order valence-corrected chi connectivity index (χ0v) is 12.9.